The standard InChI is InChI=1S/C40H58/c1-23(2)19-29-21-37-31(25(5)6)13-15-33(27(9)10)39(37)35(29)17-18-36-30(20-24(3)4)22-38-32(26(7)8)14-16-34(28(11)12)40(36)38/h13-16,21-28,35-36H,17-20H2,1-12H3. The Kier molecular flexibility index (Phi) is 9.59. The second-order valence-electron chi connectivity index (χ2n) is 15.1. The molecular formula is C40H58. The molecule has 0 heteroatoms. The van der Waals surface area contributed by atoms with Crippen molar-refractivity contribution in [1.29, 1.82) is 0 Å². The van der Waals surface area contributed by atoms with Gasteiger partial charge in [-0.3, -0.25) is 0 Å². The van der Waals surface area contributed by atoms with Gasteiger partial charge in [-0.05, 0) is 106 Å². The summed E-state index contributed by atoms with van der Waals surface area (Å²) >= 11 is 0. The first kappa shape index (κ1) is 30.9. The van der Waals surface area contributed by atoms with Crippen LogP contribution in [-0.2, 0) is 0 Å². The molecule has 0 nitrogen and oxygen atoms in total. The van der Waals surface area contributed by atoms with Crippen LogP contribution in [0.25, 0.3) is 12.2 Å². The molecule has 0 amide bonds. The first-order valence-corrected chi connectivity index (χ1v) is 16.6. The van der Waals surface area contributed by atoms with E-state index >= 15 is 0 Å². The molecule has 0 N–H and O–H groups in total. The van der Waals surface area contributed by atoms with Crippen molar-refractivity contribution in [2.75, 3.05) is 0 Å². The molecule has 40 heavy (non-hydrogen) atoms. The van der Waals surface area contributed by atoms with Crippen molar-refractivity contribution >= 4 is 12.2 Å². The average molecular weight is 539 g/mol. The van der Waals surface area contributed by atoms with Crippen LogP contribution in [0, 0.1) is 11.8 Å². The topological polar surface area (TPSA) is 0 Å². The highest BCUT2D eigenvalue weighted by Gasteiger charge is 2.35. The molecule has 2 atom stereocenters. The van der Waals surface area contributed by atoms with E-state index in [1.54, 1.807) is 55.7 Å². The Morgan fingerprint density at radius 2 is 0.750 bits per heavy atom. The summed E-state index contributed by atoms with van der Waals surface area (Å²) in [5, 5.41) is 0. The van der Waals surface area contributed by atoms with Gasteiger partial charge in [0.25, 0.3) is 0 Å². The van der Waals surface area contributed by atoms with Crippen LogP contribution >= 0.6 is 0 Å². The lowest BCUT2D eigenvalue weighted by molar-refractivity contribution is 0.536. The molecule has 0 aromatic heterocycles. The zero-order valence-electron chi connectivity index (χ0n) is 27.9. The van der Waals surface area contributed by atoms with E-state index in [9.17, 15) is 0 Å². The molecule has 0 aliphatic heterocycles. The van der Waals surface area contributed by atoms with Crippen LogP contribution < -0.4 is 0 Å². The Hall–Kier alpha value is -2.08. The van der Waals surface area contributed by atoms with Gasteiger partial charge in [0, 0.05) is 11.8 Å². The summed E-state index contributed by atoms with van der Waals surface area (Å²) in [4.78, 5) is 0. The zero-order valence-corrected chi connectivity index (χ0v) is 27.9. The van der Waals surface area contributed by atoms with Crippen LogP contribution in [0.1, 0.15) is 189 Å². The molecule has 2 aliphatic carbocycles. The van der Waals surface area contributed by atoms with Gasteiger partial charge in [0.05, 0.1) is 0 Å². The molecule has 0 saturated heterocycles. The molecule has 0 heterocycles. The summed E-state index contributed by atoms with van der Waals surface area (Å²) in [6, 6.07) is 9.81. The van der Waals surface area contributed by atoms with E-state index < -0.39 is 0 Å². The molecule has 218 valence electrons. The number of allylic oxidation sites excluding steroid dienone is 2. The van der Waals surface area contributed by atoms with Gasteiger partial charge in [0.15, 0.2) is 0 Å². The molecule has 2 aromatic carbocycles. The van der Waals surface area contributed by atoms with Crippen molar-refractivity contribution in [3.05, 3.63) is 79.9 Å². The third-order valence-corrected chi connectivity index (χ3v) is 9.48. The SMILES string of the molecule is CC(C)CC1=Cc2c(C(C)C)ccc(C(C)C)c2C1CCC1C(CC(C)C)=Cc2c(C(C)C)ccc(C(C)C)c21. The predicted molar refractivity (Wildman–Crippen MR) is 179 cm³/mol. The summed E-state index contributed by atoms with van der Waals surface area (Å²) in [5.74, 6) is 4.66. The van der Waals surface area contributed by atoms with Crippen LogP contribution in [0.15, 0.2) is 35.4 Å². The molecule has 0 radical (unpaired) electrons. The summed E-state index contributed by atoms with van der Waals surface area (Å²) < 4.78 is 0. The van der Waals surface area contributed by atoms with Crippen LogP contribution in [0.2, 0.25) is 0 Å². The van der Waals surface area contributed by atoms with Gasteiger partial charge in [-0.15, -0.1) is 0 Å². The maximum Gasteiger partial charge on any atom is 0.00608 e. The lowest BCUT2D eigenvalue weighted by Gasteiger charge is -2.28. The quantitative estimate of drug-likeness (QED) is 0.267. The van der Waals surface area contributed by atoms with Gasteiger partial charge < -0.3 is 0 Å². The smallest absolute Gasteiger partial charge is 0.00608 e. The second-order valence-corrected chi connectivity index (χ2v) is 15.1. The fraction of sp³-hybridized carbons (Fsp3) is 0.600. The number of hydrogen-bond acceptors (Lipinski definition) is 0. The van der Waals surface area contributed by atoms with E-state index in [4.69, 9.17) is 0 Å². The normalized spacial score (nSPS) is 18.6. The lowest BCUT2D eigenvalue weighted by atomic mass is 9.76. The lowest BCUT2D eigenvalue weighted by Crippen LogP contribution is -2.12. The number of benzene rings is 2. The monoisotopic (exact) mass is 538 g/mol. The van der Waals surface area contributed by atoms with Crippen LogP contribution in [0.4, 0.5) is 0 Å². The highest BCUT2D eigenvalue weighted by molar-refractivity contribution is 5.73. The van der Waals surface area contributed by atoms with Crippen molar-refractivity contribution in [1.82, 2.24) is 0 Å². The number of hydrogen-bond donors (Lipinski definition) is 0. The third kappa shape index (κ3) is 6.07. The van der Waals surface area contributed by atoms with Gasteiger partial charge in [-0.2, -0.15) is 0 Å². The van der Waals surface area contributed by atoms with Gasteiger partial charge >= 0.3 is 0 Å². The number of fused-ring (bicyclic) bond motifs is 2. The second kappa shape index (κ2) is 12.4. The molecule has 0 bridgehead atoms. The maximum absolute atomic E-state index is 2.63. The minimum atomic E-state index is 0.550. The Balaban J connectivity index is 1.81. The van der Waals surface area contributed by atoms with Crippen LogP contribution in [-0.4, -0.2) is 0 Å². The van der Waals surface area contributed by atoms with E-state index in [0.29, 0.717) is 47.3 Å². The average Bonchev–Trinajstić information content (AvgIpc) is 3.37. The Morgan fingerprint density at radius 1 is 0.450 bits per heavy atom. The van der Waals surface area contributed by atoms with E-state index in [1.165, 1.54) is 25.7 Å². The first-order valence-electron chi connectivity index (χ1n) is 16.6. The molecule has 0 spiro atoms. The molecule has 0 fully saturated rings. The summed E-state index contributed by atoms with van der Waals surface area (Å²) in [5.41, 5.74) is 16.1. The zero-order chi connectivity index (χ0) is 29.5. The summed E-state index contributed by atoms with van der Waals surface area (Å²) in [7, 11) is 0. The van der Waals surface area contributed by atoms with Crippen molar-refractivity contribution in [3.63, 3.8) is 0 Å². The van der Waals surface area contributed by atoms with E-state index in [2.05, 4.69) is 120 Å². The van der Waals surface area contributed by atoms with E-state index in [0.717, 1.165) is 0 Å². The van der Waals surface area contributed by atoms with Crippen molar-refractivity contribution in [2.24, 2.45) is 11.8 Å². The first-order chi connectivity index (χ1) is 18.8. The highest BCUT2D eigenvalue weighted by Crippen LogP contribution is 2.52. The van der Waals surface area contributed by atoms with Crippen molar-refractivity contribution in [2.45, 2.75) is 144 Å². The third-order valence-electron chi connectivity index (χ3n) is 9.48. The highest BCUT2D eigenvalue weighted by atomic mass is 14.4. The van der Waals surface area contributed by atoms with Gasteiger partial charge in [-0.25, -0.2) is 0 Å². The molecule has 2 aromatic rings. The maximum atomic E-state index is 2.63. The van der Waals surface area contributed by atoms with E-state index in [1.807, 2.05) is 0 Å². The Bertz CT molecular complexity index is 1160. The fourth-order valence-electron chi connectivity index (χ4n) is 7.73. The molecule has 2 unspecified atom stereocenters. The largest absolute Gasteiger partial charge is 0.0625 e. The van der Waals surface area contributed by atoms with Crippen LogP contribution in [0.3, 0.4) is 0 Å². The summed E-state index contributed by atoms with van der Waals surface area (Å²) in [6.45, 7) is 28.6. The molecule has 2 aliphatic rings. The van der Waals surface area contributed by atoms with Gasteiger partial charge in [0.2, 0.25) is 0 Å². The predicted octanol–water partition coefficient (Wildman–Crippen LogP) is 12.7. The van der Waals surface area contributed by atoms with Crippen molar-refractivity contribution < 1.29 is 0 Å². The van der Waals surface area contributed by atoms with Gasteiger partial charge in [-0.1, -0.05) is 131 Å². The number of rotatable bonds is 11. The Labute approximate surface area is 247 Å². The Morgan fingerprint density at radius 3 is 1.02 bits per heavy atom. The molecule has 0 saturated carbocycles. The minimum Gasteiger partial charge on any atom is -0.0625 e. The molecule has 4 rings (SSSR count). The minimum absolute atomic E-state index is 0.550. The fourth-order valence-corrected chi connectivity index (χ4v) is 7.73. The summed E-state index contributed by atoms with van der Waals surface area (Å²) in [6.07, 6.45) is 10.2. The van der Waals surface area contributed by atoms with Gasteiger partial charge in [0.1, 0.15) is 0 Å². The van der Waals surface area contributed by atoms with Crippen LogP contribution in [0.5, 0.6) is 0 Å². The van der Waals surface area contributed by atoms with Crippen molar-refractivity contribution in [3.8, 4) is 0 Å². The molecular weight excluding hydrogens is 480 g/mol. The van der Waals surface area contributed by atoms with E-state index in [-0.39, 0.29) is 0 Å².